The average Bonchev–Trinajstić information content (AvgIpc) is 2.97. The zero-order valence-electron chi connectivity index (χ0n) is 12.2. The lowest BCUT2D eigenvalue weighted by Gasteiger charge is -2.23. The Hall–Kier alpha value is -2.24. The fraction of sp³-hybridized carbons (Fsp3) is 0.467. The van der Waals surface area contributed by atoms with E-state index in [4.69, 9.17) is 0 Å². The van der Waals surface area contributed by atoms with Crippen LogP contribution in [0.4, 0.5) is 0 Å². The summed E-state index contributed by atoms with van der Waals surface area (Å²) in [4.78, 5) is 11.7. The molecule has 1 aromatic carbocycles. The van der Waals surface area contributed by atoms with Gasteiger partial charge in [0, 0.05) is 5.92 Å². The lowest BCUT2D eigenvalue weighted by molar-refractivity contribution is -0.143. The summed E-state index contributed by atoms with van der Waals surface area (Å²) in [7, 11) is 0. The van der Waals surface area contributed by atoms with Crippen molar-refractivity contribution in [3.8, 4) is 0 Å². The number of aromatic amines is 1. The van der Waals surface area contributed by atoms with Crippen LogP contribution in [0.3, 0.4) is 0 Å². The van der Waals surface area contributed by atoms with Gasteiger partial charge in [0.1, 0.15) is 0 Å². The number of aromatic nitrogens is 4. The molecule has 1 aromatic heterocycles. The van der Waals surface area contributed by atoms with Crippen molar-refractivity contribution in [3.05, 3.63) is 41.7 Å². The van der Waals surface area contributed by atoms with Gasteiger partial charge in [0.2, 0.25) is 0 Å². The van der Waals surface area contributed by atoms with Gasteiger partial charge in [0.15, 0.2) is 5.82 Å². The summed E-state index contributed by atoms with van der Waals surface area (Å²) in [5, 5.41) is 23.4. The number of carboxylic acids is 1. The molecular formula is C15H20N4O2. The minimum Gasteiger partial charge on any atom is -0.481 e. The van der Waals surface area contributed by atoms with Crippen LogP contribution in [0.2, 0.25) is 0 Å². The molecule has 0 spiro atoms. The van der Waals surface area contributed by atoms with Crippen molar-refractivity contribution in [1.29, 1.82) is 0 Å². The Balaban J connectivity index is 2.28. The number of hydrogen-bond acceptors (Lipinski definition) is 4. The zero-order chi connectivity index (χ0) is 15.2. The summed E-state index contributed by atoms with van der Waals surface area (Å²) < 4.78 is 0. The molecule has 1 unspecified atom stereocenters. The molecule has 6 nitrogen and oxygen atoms in total. The second-order valence-electron chi connectivity index (χ2n) is 5.66. The highest BCUT2D eigenvalue weighted by Gasteiger charge is 2.32. The van der Waals surface area contributed by atoms with Crippen LogP contribution in [0, 0.1) is 11.8 Å². The van der Waals surface area contributed by atoms with E-state index in [1.54, 1.807) is 0 Å². The van der Waals surface area contributed by atoms with Crippen molar-refractivity contribution in [2.24, 2.45) is 11.8 Å². The van der Waals surface area contributed by atoms with Crippen LogP contribution >= 0.6 is 0 Å². The van der Waals surface area contributed by atoms with Gasteiger partial charge in [0.25, 0.3) is 0 Å². The first-order valence-electron chi connectivity index (χ1n) is 7.08. The molecule has 2 N–H and O–H groups in total. The van der Waals surface area contributed by atoms with Gasteiger partial charge in [-0.1, -0.05) is 44.2 Å². The molecule has 0 amide bonds. The van der Waals surface area contributed by atoms with Crippen LogP contribution in [0.25, 0.3) is 0 Å². The van der Waals surface area contributed by atoms with Gasteiger partial charge >= 0.3 is 5.97 Å². The summed E-state index contributed by atoms with van der Waals surface area (Å²) in [5.74, 6) is -0.754. The number of carboxylic acid groups (broad SMARTS) is 1. The SMILES string of the molecule is CC(C)C[C@H](C(=O)O)C(Cc1ccccc1)c1nnn[nH]1. The molecule has 0 saturated carbocycles. The van der Waals surface area contributed by atoms with Gasteiger partial charge in [-0.05, 0) is 34.7 Å². The first kappa shape index (κ1) is 15.2. The maximum absolute atomic E-state index is 11.7. The second-order valence-corrected chi connectivity index (χ2v) is 5.66. The Morgan fingerprint density at radius 2 is 2.00 bits per heavy atom. The molecule has 0 radical (unpaired) electrons. The first-order chi connectivity index (χ1) is 10.1. The second kappa shape index (κ2) is 6.97. The Kier molecular flexibility index (Phi) is 5.03. The van der Waals surface area contributed by atoms with Gasteiger partial charge in [-0.3, -0.25) is 4.79 Å². The van der Waals surface area contributed by atoms with Gasteiger partial charge in [0.05, 0.1) is 5.92 Å². The van der Waals surface area contributed by atoms with E-state index in [0.717, 1.165) is 5.56 Å². The normalized spacial score (nSPS) is 14.0. The summed E-state index contributed by atoms with van der Waals surface area (Å²) in [6, 6.07) is 9.82. The third kappa shape index (κ3) is 4.11. The maximum Gasteiger partial charge on any atom is 0.307 e. The van der Waals surface area contributed by atoms with E-state index in [-0.39, 0.29) is 5.92 Å². The number of H-pyrrole nitrogens is 1. The summed E-state index contributed by atoms with van der Waals surface area (Å²) in [6.45, 7) is 4.04. The molecule has 0 fully saturated rings. The van der Waals surface area contributed by atoms with Crippen LogP contribution in [0.1, 0.15) is 37.6 Å². The van der Waals surface area contributed by atoms with E-state index in [1.165, 1.54) is 0 Å². The maximum atomic E-state index is 11.7. The van der Waals surface area contributed by atoms with Gasteiger partial charge in [-0.15, -0.1) is 5.10 Å². The fourth-order valence-electron chi connectivity index (χ4n) is 2.57. The minimum atomic E-state index is -0.805. The van der Waals surface area contributed by atoms with Crippen molar-refractivity contribution in [2.75, 3.05) is 0 Å². The number of nitrogens with one attached hydrogen (secondary N) is 1. The zero-order valence-corrected chi connectivity index (χ0v) is 12.2. The van der Waals surface area contributed by atoms with Crippen LogP contribution in [-0.4, -0.2) is 31.7 Å². The molecule has 112 valence electrons. The van der Waals surface area contributed by atoms with E-state index in [0.29, 0.717) is 24.6 Å². The standard InChI is InChI=1S/C15H20N4O2/c1-10(2)8-13(15(20)21)12(14-16-18-19-17-14)9-11-6-4-3-5-7-11/h3-7,10,12-13H,8-9H2,1-2H3,(H,20,21)(H,16,17,18,19)/t12?,13-/m0/s1. The number of tetrazole rings is 1. The Labute approximate surface area is 123 Å². The molecular weight excluding hydrogens is 268 g/mol. The minimum absolute atomic E-state index is 0.262. The van der Waals surface area contributed by atoms with Gasteiger partial charge in [-0.25, -0.2) is 5.10 Å². The van der Waals surface area contributed by atoms with Crippen molar-refractivity contribution in [3.63, 3.8) is 0 Å². The molecule has 0 aliphatic carbocycles. The third-order valence-corrected chi connectivity index (χ3v) is 3.54. The molecule has 0 aliphatic rings. The molecule has 2 atom stereocenters. The number of aliphatic carboxylic acids is 1. The molecule has 0 saturated heterocycles. The molecule has 0 aliphatic heterocycles. The van der Waals surface area contributed by atoms with Crippen molar-refractivity contribution in [1.82, 2.24) is 20.6 Å². The van der Waals surface area contributed by atoms with Crippen molar-refractivity contribution in [2.45, 2.75) is 32.6 Å². The van der Waals surface area contributed by atoms with Crippen LogP contribution in [0.15, 0.2) is 30.3 Å². The number of carbonyl (C=O) groups is 1. The fourth-order valence-corrected chi connectivity index (χ4v) is 2.57. The highest BCUT2D eigenvalue weighted by molar-refractivity contribution is 5.71. The quantitative estimate of drug-likeness (QED) is 0.815. The molecule has 6 heteroatoms. The highest BCUT2D eigenvalue weighted by Crippen LogP contribution is 2.31. The predicted molar refractivity (Wildman–Crippen MR) is 77.6 cm³/mol. The number of rotatable bonds is 7. The van der Waals surface area contributed by atoms with Gasteiger partial charge < -0.3 is 5.11 Å². The molecule has 2 aromatic rings. The molecule has 21 heavy (non-hydrogen) atoms. The third-order valence-electron chi connectivity index (χ3n) is 3.54. The number of nitrogens with zero attached hydrogens (tertiary/aromatic N) is 3. The monoisotopic (exact) mass is 288 g/mol. The average molecular weight is 288 g/mol. The van der Waals surface area contributed by atoms with Crippen molar-refractivity contribution >= 4 is 5.97 Å². The summed E-state index contributed by atoms with van der Waals surface area (Å²) in [6.07, 6.45) is 1.19. The highest BCUT2D eigenvalue weighted by atomic mass is 16.4. The lowest BCUT2D eigenvalue weighted by Crippen LogP contribution is -2.26. The summed E-state index contributed by atoms with van der Waals surface area (Å²) in [5.41, 5.74) is 1.08. The summed E-state index contributed by atoms with van der Waals surface area (Å²) >= 11 is 0. The van der Waals surface area contributed by atoms with E-state index in [1.807, 2.05) is 44.2 Å². The van der Waals surface area contributed by atoms with Gasteiger partial charge in [-0.2, -0.15) is 0 Å². The van der Waals surface area contributed by atoms with Crippen LogP contribution < -0.4 is 0 Å². The molecule has 0 bridgehead atoms. The smallest absolute Gasteiger partial charge is 0.307 e. The van der Waals surface area contributed by atoms with Crippen molar-refractivity contribution < 1.29 is 9.90 Å². The largest absolute Gasteiger partial charge is 0.481 e. The Bertz CT molecular complexity index is 554. The van der Waals surface area contributed by atoms with E-state index in [2.05, 4.69) is 20.6 Å². The molecule has 2 rings (SSSR count). The van der Waals surface area contributed by atoms with Crippen LogP contribution in [-0.2, 0) is 11.2 Å². The van der Waals surface area contributed by atoms with E-state index < -0.39 is 11.9 Å². The number of benzene rings is 1. The van der Waals surface area contributed by atoms with E-state index in [9.17, 15) is 9.90 Å². The number of hydrogen-bond donors (Lipinski definition) is 2. The molecule has 1 heterocycles. The predicted octanol–water partition coefficient (Wildman–Crippen LogP) is 2.27. The first-order valence-corrected chi connectivity index (χ1v) is 7.08. The van der Waals surface area contributed by atoms with E-state index >= 15 is 0 Å². The lowest BCUT2D eigenvalue weighted by atomic mass is 9.81. The van der Waals surface area contributed by atoms with Crippen LogP contribution in [0.5, 0.6) is 0 Å². The topological polar surface area (TPSA) is 91.8 Å². The Morgan fingerprint density at radius 1 is 1.29 bits per heavy atom. The Morgan fingerprint density at radius 3 is 2.52 bits per heavy atom.